The molecule has 108 valence electrons. The Hall–Kier alpha value is 0.310. The summed E-state index contributed by atoms with van der Waals surface area (Å²) in [5.41, 5.74) is 0.469. The van der Waals surface area contributed by atoms with Crippen molar-refractivity contribution >= 4 is 11.8 Å². The van der Waals surface area contributed by atoms with Crippen LogP contribution in [-0.2, 0) is 0 Å². The average Bonchev–Trinajstić information content (AvgIpc) is 2.33. The van der Waals surface area contributed by atoms with Gasteiger partial charge < -0.3 is 5.32 Å². The summed E-state index contributed by atoms with van der Waals surface area (Å²) in [7, 11) is 0. The van der Waals surface area contributed by atoms with E-state index in [0.29, 0.717) is 5.41 Å². The molecule has 1 fully saturated rings. The lowest BCUT2D eigenvalue weighted by atomic mass is 9.69. The van der Waals surface area contributed by atoms with Crippen molar-refractivity contribution in [2.45, 2.75) is 71.8 Å². The number of unbranched alkanes of at least 4 members (excludes halogenated alkanes) is 2. The second-order valence-corrected chi connectivity index (χ2v) is 7.86. The third-order valence-corrected chi connectivity index (χ3v) is 5.01. The second kappa shape index (κ2) is 8.47. The van der Waals surface area contributed by atoms with Gasteiger partial charge in [0.25, 0.3) is 0 Å². The zero-order chi connectivity index (χ0) is 13.4. The van der Waals surface area contributed by atoms with Crippen LogP contribution in [0.2, 0.25) is 0 Å². The summed E-state index contributed by atoms with van der Waals surface area (Å²) < 4.78 is 0. The van der Waals surface area contributed by atoms with Crippen molar-refractivity contribution in [3.63, 3.8) is 0 Å². The number of rotatable bonds is 7. The molecule has 0 aromatic rings. The highest BCUT2D eigenvalue weighted by Gasteiger charge is 2.33. The molecule has 18 heavy (non-hydrogen) atoms. The van der Waals surface area contributed by atoms with Crippen molar-refractivity contribution in [1.29, 1.82) is 0 Å². The molecule has 1 aliphatic carbocycles. The summed E-state index contributed by atoms with van der Waals surface area (Å²) in [4.78, 5) is 0. The predicted molar refractivity (Wildman–Crippen MR) is 85.4 cm³/mol. The first kappa shape index (κ1) is 16.4. The van der Waals surface area contributed by atoms with E-state index < -0.39 is 0 Å². The Bertz CT molecular complexity index is 210. The van der Waals surface area contributed by atoms with Crippen LogP contribution in [0, 0.1) is 11.3 Å². The van der Waals surface area contributed by atoms with E-state index in [2.05, 4.69) is 32.3 Å². The first-order valence-corrected chi connectivity index (χ1v) is 9.17. The molecule has 0 bridgehead atoms. The second-order valence-electron chi connectivity index (χ2n) is 6.87. The lowest BCUT2D eigenvalue weighted by Gasteiger charge is -2.41. The molecular weight excluding hydrogens is 238 g/mol. The molecule has 0 heterocycles. The number of nitrogens with one attached hydrogen (secondary N) is 1. The molecule has 0 aliphatic heterocycles. The number of thioether (sulfide) groups is 1. The Morgan fingerprint density at radius 2 is 1.78 bits per heavy atom. The summed E-state index contributed by atoms with van der Waals surface area (Å²) in [5, 5.41) is 3.85. The van der Waals surface area contributed by atoms with E-state index in [-0.39, 0.29) is 0 Å². The summed E-state index contributed by atoms with van der Waals surface area (Å²) in [5.74, 6) is 2.20. The number of hydrogen-bond acceptors (Lipinski definition) is 2. The Balaban J connectivity index is 2.21. The smallest absolute Gasteiger partial charge is 0.0100 e. The van der Waals surface area contributed by atoms with Gasteiger partial charge in [-0.15, -0.1) is 0 Å². The topological polar surface area (TPSA) is 12.0 Å². The van der Waals surface area contributed by atoms with E-state index in [9.17, 15) is 0 Å². The molecule has 0 radical (unpaired) electrons. The summed E-state index contributed by atoms with van der Waals surface area (Å²) in [6.45, 7) is 8.47. The van der Waals surface area contributed by atoms with Crippen molar-refractivity contribution in [3.8, 4) is 0 Å². The van der Waals surface area contributed by atoms with Crippen LogP contribution in [0.1, 0.15) is 65.7 Å². The highest BCUT2D eigenvalue weighted by atomic mass is 32.2. The summed E-state index contributed by atoms with van der Waals surface area (Å²) >= 11 is 1.97. The molecule has 0 spiro atoms. The summed E-state index contributed by atoms with van der Waals surface area (Å²) in [6.07, 6.45) is 12.0. The molecule has 0 aromatic heterocycles. The van der Waals surface area contributed by atoms with Crippen LogP contribution in [0.3, 0.4) is 0 Å². The largest absolute Gasteiger partial charge is 0.314 e. The zero-order valence-corrected chi connectivity index (χ0v) is 13.7. The Labute approximate surface area is 119 Å². The van der Waals surface area contributed by atoms with E-state index in [1.54, 1.807) is 0 Å². The zero-order valence-electron chi connectivity index (χ0n) is 12.9. The standard InChI is InChI=1S/C16H33NS/c1-16(2,3)14-10-6-7-11-15(14)17-12-8-5-9-13-18-4/h14-15,17H,5-13H2,1-4H3. The average molecular weight is 272 g/mol. The normalized spacial score (nSPS) is 25.3. The minimum atomic E-state index is 0.469. The fourth-order valence-corrected chi connectivity index (χ4v) is 3.74. The van der Waals surface area contributed by atoms with Crippen LogP contribution >= 0.6 is 11.8 Å². The lowest BCUT2D eigenvalue weighted by Crippen LogP contribution is -2.44. The van der Waals surface area contributed by atoms with Gasteiger partial charge in [-0.05, 0) is 55.6 Å². The molecule has 2 atom stereocenters. The van der Waals surface area contributed by atoms with E-state index in [1.165, 1.54) is 57.2 Å². The van der Waals surface area contributed by atoms with Crippen molar-refractivity contribution in [1.82, 2.24) is 5.32 Å². The van der Waals surface area contributed by atoms with E-state index in [0.717, 1.165) is 12.0 Å². The quantitative estimate of drug-likeness (QED) is 0.673. The van der Waals surface area contributed by atoms with Crippen LogP contribution in [-0.4, -0.2) is 24.6 Å². The van der Waals surface area contributed by atoms with Crippen molar-refractivity contribution < 1.29 is 0 Å². The highest BCUT2D eigenvalue weighted by molar-refractivity contribution is 7.98. The fraction of sp³-hybridized carbons (Fsp3) is 1.00. The SMILES string of the molecule is CSCCCCCNC1CCCCC1C(C)(C)C. The van der Waals surface area contributed by atoms with Gasteiger partial charge in [-0.2, -0.15) is 11.8 Å². The maximum absolute atomic E-state index is 3.85. The Morgan fingerprint density at radius 1 is 1.06 bits per heavy atom. The first-order valence-electron chi connectivity index (χ1n) is 7.78. The fourth-order valence-electron chi connectivity index (χ4n) is 3.25. The Kier molecular flexibility index (Phi) is 7.70. The lowest BCUT2D eigenvalue weighted by molar-refractivity contribution is 0.131. The summed E-state index contributed by atoms with van der Waals surface area (Å²) in [6, 6.07) is 0.777. The first-order chi connectivity index (χ1) is 8.55. The van der Waals surface area contributed by atoms with Crippen molar-refractivity contribution in [2.24, 2.45) is 11.3 Å². The third kappa shape index (κ3) is 5.97. The maximum Gasteiger partial charge on any atom is 0.0100 e. The molecule has 1 rings (SSSR count). The van der Waals surface area contributed by atoms with Crippen molar-refractivity contribution in [3.05, 3.63) is 0 Å². The Morgan fingerprint density at radius 3 is 2.44 bits per heavy atom. The molecular formula is C16H33NS. The van der Waals surface area contributed by atoms with Gasteiger partial charge in [0.1, 0.15) is 0 Å². The molecule has 1 nitrogen and oxygen atoms in total. The minimum absolute atomic E-state index is 0.469. The van der Waals surface area contributed by atoms with Gasteiger partial charge in [0.2, 0.25) is 0 Å². The molecule has 0 saturated heterocycles. The van der Waals surface area contributed by atoms with Gasteiger partial charge in [-0.3, -0.25) is 0 Å². The molecule has 0 aromatic carbocycles. The predicted octanol–water partition coefficient (Wildman–Crippen LogP) is 4.71. The molecule has 1 saturated carbocycles. The van der Waals surface area contributed by atoms with Crippen molar-refractivity contribution in [2.75, 3.05) is 18.6 Å². The van der Waals surface area contributed by atoms with Gasteiger partial charge in [0, 0.05) is 6.04 Å². The molecule has 2 heteroatoms. The van der Waals surface area contributed by atoms with E-state index in [1.807, 2.05) is 11.8 Å². The van der Waals surface area contributed by atoms with E-state index >= 15 is 0 Å². The van der Waals surface area contributed by atoms with Gasteiger partial charge in [0.15, 0.2) is 0 Å². The number of hydrogen-bond donors (Lipinski definition) is 1. The van der Waals surface area contributed by atoms with Crippen LogP contribution in [0.4, 0.5) is 0 Å². The monoisotopic (exact) mass is 271 g/mol. The van der Waals surface area contributed by atoms with Gasteiger partial charge >= 0.3 is 0 Å². The van der Waals surface area contributed by atoms with Gasteiger partial charge in [-0.25, -0.2) is 0 Å². The molecule has 0 amide bonds. The van der Waals surface area contributed by atoms with Crippen LogP contribution in [0.5, 0.6) is 0 Å². The maximum atomic E-state index is 3.85. The third-order valence-electron chi connectivity index (χ3n) is 4.31. The van der Waals surface area contributed by atoms with Gasteiger partial charge in [0.05, 0.1) is 0 Å². The molecule has 1 aliphatic rings. The van der Waals surface area contributed by atoms with Gasteiger partial charge in [-0.1, -0.05) is 40.0 Å². The van der Waals surface area contributed by atoms with Crippen LogP contribution in [0.15, 0.2) is 0 Å². The van der Waals surface area contributed by atoms with Crippen LogP contribution in [0.25, 0.3) is 0 Å². The highest BCUT2D eigenvalue weighted by Crippen LogP contribution is 2.37. The molecule has 1 N–H and O–H groups in total. The van der Waals surface area contributed by atoms with Crippen LogP contribution < -0.4 is 5.32 Å². The minimum Gasteiger partial charge on any atom is -0.314 e. The molecule has 2 unspecified atom stereocenters. The van der Waals surface area contributed by atoms with E-state index in [4.69, 9.17) is 0 Å².